The Bertz CT molecular complexity index is 1360. The number of anilines is 1. The number of amides is 1. The lowest BCUT2D eigenvalue weighted by Gasteiger charge is -2.28. The van der Waals surface area contributed by atoms with E-state index in [9.17, 15) is 14.9 Å². The zero-order valence-electron chi connectivity index (χ0n) is 18.3. The Balaban J connectivity index is 1.55. The molecule has 1 saturated heterocycles. The highest BCUT2D eigenvalue weighted by atomic mass is 32.1. The van der Waals surface area contributed by atoms with Crippen LogP contribution >= 0.6 is 11.3 Å². The second-order valence-corrected chi connectivity index (χ2v) is 8.73. The van der Waals surface area contributed by atoms with E-state index in [0.29, 0.717) is 68.0 Å². The van der Waals surface area contributed by atoms with Crippen LogP contribution in [0.5, 0.6) is 11.5 Å². The Morgan fingerprint density at radius 3 is 2.59 bits per heavy atom. The number of nitrogens with zero attached hydrogens (tertiary/aromatic N) is 4. The number of ether oxygens (including phenoxy) is 3. The molecule has 1 amide bonds. The van der Waals surface area contributed by atoms with Crippen molar-refractivity contribution in [3.63, 3.8) is 0 Å². The van der Waals surface area contributed by atoms with Crippen LogP contribution in [0.1, 0.15) is 10.4 Å². The highest BCUT2D eigenvalue weighted by molar-refractivity contribution is 7.16. The number of morpholine rings is 1. The summed E-state index contributed by atoms with van der Waals surface area (Å²) >= 11 is 1.33. The fourth-order valence-electron chi connectivity index (χ4n) is 4.02. The number of hydrogen-bond donors (Lipinski definition) is 0. The maximum atomic E-state index is 13.1. The van der Waals surface area contributed by atoms with Crippen molar-refractivity contribution in [3.8, 4) is 11.5 Å². The van der Waals surface area contributed by atoms with Crippen molar-refractivity contribution in [3.05, 3.63) is 63.5 Å². The molecule has 2 aromatic carbocycles. The van der Waals surface area contributed by atoms with Gasteiger partial charge in [-0.2, -0.15) is 4.99 Å². The largest absolute Gasteiger partial charge is 0.486 e. The van der Waals surface area contributed by atoms with Gasteiger partial charge >= 0.3 is 0 Å². The van der Waals surface area contributed by atoms with Gasteiger partial charge in [-0.15, -0.1) is 6.58 Å². The first kappa shape index (κ1) is 22.1. The Kier molecular flexibility index (Phi) is 6.03. The Labute approximate surface area is 198 Å². The van der Waals surface area contributed by atoms with Crippen LogP contribution in [0.3, 0.4) is 0 Å². The lowest BCUT2D eigenvalue weighted by molar-refractivity contribution is -0.384. The van der Waals surface area contributed by atoms with Gasteiger partial charge in [-0.05, 0) is 12.1 Å². The van der Waals surface area contributed by atoms with E-state index in [-0.39, 0.29) is 11.3 Å². The van der Waals surface area contributed by atoms with E-state index >= 15 is 0 Å². The van der Waals surface area contributed by atoms with E-state index in [1.54, 1.807) is 18.2 Å². The quantitative estimate of drug-likeness (QED) is 0.312. The summed E-state index contributed by atoms with van der Waals surface area (Å²) in [4.78, 5) is 31.0. The molecule has 0 saturated carbocycles. The molecule has 0 N–H and O–H groups in total. The van der Waals surface area contributed by atoms with Crippen molar-refractivity contribution in [1.82, 2.24) is 4.57 Å². The lowest BCUT2D eigenvalue weighted by Crippen LogP contribution is -2.36. The molecule has 2 aliphatic heterocycles. The molecular formula is C23H22N4O6S. The summed E-state index contributed by atoms with van der Waals surface area (Å²) in [6, 6.07) is 8.23. The summed E-state index contributed by atoms with van der Waals surface area (Å²) in [7, 11) is 0. The number of fused-ring (bicyclic) bond motifs is 2. The number of aromatic nitrogens is 1. The number of carbonyl (C=O) groups excluding carboxylic acids is 1. The topological polar surface area (TPSA) is 108 Å². The van der Waals surface area contributed by atoms with Crippen LogP contribution in [0.4, 0.5) is 11.4 Å². The van der Waals surface area contributed by atoms with Crippen molar-refractivity contribution in [1.29, 1.82) is 0 Å². The number of allylic oxidation sites excluding steroid dienone is 1. The molecule has 0 aliphatic carbocycles. The minimum absolute atomic E-state index is 0.125. The predicted octanol–water partition coefficient (Wildman–Crippen LogP) is 3.15. The van der Waals surface area contributed by atoms with Crippen molar-refractivity contribution in [2.24, 2.45) is 4.99 Å². The molecule has 0 atom stereocenters. The van der Waals surface area contributed by atoms with Gasteiger partial charge in [0.05, 0.1) is 28.4 Å². The number of carbonyl (C=O) groups is 1. The summed E-state index contributed by atoms with van der Waals surface area (Å²) in [5.74, 6) is 0.734. The third-order valence-electron chi connectivity index (χ3n) is 5.63. The molecule has 2 aliphatic rings. The van der Waals surface area contributed by atoms with Gasteiger partial charge in [0.2, 0.25) is 0 Å². The summed E-state index contributed by atoms with van der Waals surface area (Å²) < 4.78 is 19.4. The molecule has 3 heterocycles. The van der Waals surface area contributed by atoms with Crippen LogP contribution in [0.15, 0.2) is 48.0 Å². The van der Waals surface area contributed by atoms with Gasteiger partial charge in [-0.25, -0.2) is 0 Å². The van der Waals surface area contributed by atoms with Crippen LogP contribution in [0.2, 0.25) is 0 Å². The zero-order chi connectivity index (χ0) is 23.7. The van der Waals surface area contributed by atoms with Gasteiger partial charge in [0.25, 0.3) is 11.6 Å². The van der Waals surface area contributed by atoms with Crippen LogP contribution < -0.4 is 19.2 Å². The number of nitro groups is 1. The molecular weight excluding hydrogens is 460 g/mol. The first-order valence-electron chi connectivity index (χ1n) is 10.8. The Morgan fingerprint density at radius 2 is 1.88 bits per heavy atom. The van der Waals surface area contributed by atoms with Gasteiger partial charge in [0.15, 0.2) is 16.3 Å². The molecule has 0 bridgehead atoms. The summed E-state index contributed by atoms with van der Waals surface area (Å²) in [5, 5.41) is 11.7. The minimum Gasteiger partial charge on any atom is -0.486 e. The first-order valence-corrected chi connectivity index (χ1v) is 11.6. The second kappa shape index (κ2) is 9.27. The molecule has 1 fully saturated rings. The molecule has 0 unspecified atom stereocenters. The minimum atomic E-state index is -0.557. The second-order valence-electron chi connectivity index (χ2n) is 7.72. The molecule has 5 rings (SSSR count). The van der Waals surface area contributed by atoms with E-state index < -0.39 is 10.8 Å². The maximum Gasteiger partial charge on any atom is 0.293 e. The van der Waals surface area contributed by atoms with E-state index in [4.69, 9.17) is 14.2 Å². The van der Waals surface area contributed by atoms with Gasteiger partial charge in [-0.3, -0.25) is 14.9 Å². The molecule has 0 radical (unpaired) electrons. The third-order valence-corrected chi connectivity index (χ3v) is 6.67. The van der Waals surface area contributed by atoms with Gasteiger partial charge in [-0.1, -0.05) is 17.4 Å². The molecule has 1 aromatic heterocycles. The summed E-state index contributed by atoms with van der Waals surface area (Å²) in [6.07, 6.45) is 1.72. The SMILES string of the molecule is C=CCn1c(=NC(=O)c2ccc(N3CCOCC3)c([N+](=O)[O-])c2)sc2cc3c(cc21)OCCO3. The van der Waals surface area contributed by atoms with Crippen molar-refractivity contribution in [2.45, 2.75) is 6.54 Å². The van der Waals surface area contributed by atoms with Crippen LogP contribution in [0, 0.1) is 10.1 Å². The van der Waals surface area contributed by atoms with Crippen molar-refractivity contribution < 1.29 is 23.9 Å². The van der Waals surface area contributed by atoms with E-state index in [1.165, 1.54) is 17.4 Å². The molecule has 176 valence electrons. The fraction of sp³-hybridized carbons (Fsp3) is 0.304. The fourth-order valence-corrected chi connectivity index (χ4v) is 5.07. The first-order chi connectivity index (χ1) is 16.5. The lowest BCUT2D eigenvalue weighted by atomic mass is 10.1. The van der Waals surface area contributed by atoms with Crippen LogP contribution in [0.25, 0.3) is 10.2 Å². The average molecular weight is 483 g/mol. The van der Waals surface area contributed by atoms with Crippen molar-refractivity contribution in [2.75, 3.05) is 44.4 Å². The van der Waals surface area contributed by atoms with Crippen LogP contribution in [-0.4, -0.2) is 54.9 Å². The number of benzene rings is 2. The number of nitro benzene ring substituents is 1. The summed E-state index contributed by atoms with van der Waals surface area (Å²) in [6.45, 7) is 7.30. The number of hydrogen-bond acceptors (Lipinski definition) is 8. The predicted molar refractivity (Wildman–Crippen MR) is 127 cm³/mol. The number of thiazole rings is 1. The molecule has 10 nitrogen and oxygen atoms in total. The van der Waals surface area contributed by atoms with Gasteiger partial charge < -0.3 is 23.7 Å². The normalized spacial score (nSPS) is 16.0. The van der Waals surface area contributed by atoms with E-state index in [2.05, 4.69) is 11.6 Å². The van der Waals surface area contributed by atoms with Gasteiger partial charge in [0, 0.05) is 43.4 Å². The average Bonchev–Trinajstić information content (AvgIpc) is 3.18. The highest BCUT2D eigenvalue weighted by Crippen LogP contribution is 2.36. The van der Waals surface area contributed by atoms with E-state index in [0.717, 1.165) is 10.2 Å². The molecule has 0 spiro atoms. The molecule has 11 heteroatoms. The summed E-state index contributed by atoms with van der Waals surface area (Å²) in [5.41, 5.74) is 1.34. The van der Waals surface area contributed by atoms with Crippen LogP contribution in [-0.2, 0) is 11.3 Å². The molecule has 34 heavy (non-hydrogen) atoms. The number of rotatable bonds is 5. The smallest absolute Gasteiger partial charge is 0.293 e. The zero-order valence-corrected chi connectivity index (χ0v) is 19.1. The van der Waals surface area contributed by atoms with Gasteiger partial charge in [0.1, 0.15) is 18.9 Å². The van der Waals surface area contributed by atoms with Crippen molar-refractivity contribution >= 4 is 38.8 Å². The monoisotopic (exact) mass is 482 g/mol. The highest BCUT2D eigenvalue weighted by Gasteiger charge is 2.23. The molecule has 3 aromatic rings. The van der Waals surface area contributed by atoms with E-state index in [1.807, 2.05) is 21.6 Å². The Morgan fingerprint density at radius 1 is 1.15 bits per heavy atom. The maximum absolute atomic E-state index is 13.1. The Hall–Kier alpha value is -3.70. The third kappa shape index (κ3) is 4.15. The standard InChI is InChI=1S/C23H22N4O6S/c1-2-5-26-18-13-19-20(33-11-10-32-19)14-21(18)34-23(26)24-22(28)15-3-4-16(17(12-15)27(29)30)25-6-8-31-9-7-25/h2-4,12-14H,1,5-11H2.